The Kier molecular flexibility index (Phi) is 5.90. The summed E-state index contributed by atoms with van der Waals surface area (Å²) in [7, 11) is 1.77. The molecule has 14 heavy (non-hydrogen) atoms. The van der Waals surface area contributed by atoms with E-state index in [0.717, 1.165) is 11.9 Å². The second-order valence-electron chi connectivity index (χ2n) is 4.24. The zero-order chi connectivity index (χ0) is 10.4. The van der Waals surface area contributed by atoms with Crippen LogP contribution in [-0.4, -0.2) is 37.3 Å². The van der Waals surface area contributed by atoms with Gasteiger partial charge in [0.15, 0.2) is 0 Å². The molecule has 0 bridgehead atoms. The van der Waals surface area contributed by atoms with Crippen LogP contribution in [0.15, 0.2) is 0 Å². The largest absolute Gasteiger partial charge is 0.383 e. The lowest BCUT2D eigenvalue weighted by atomic mass is 9.94. The molecule has 0 radical (unpaired) electrons. The highest BCUT2D eigenvalue weighted by atomic mass is 32.2. The van der Waals surface area contributed by atoms with Gasteiger partial charge in [-0.05, 0) is 32.4 Å². The maximum Gasteiger partial charge on any atom is 0.0613 e. The Balaban J connectivity index is 2.22. The molecule has 0 aromatic heterocycles. The lowest BCUT2D eigenvalue weighted by Crippen LogP contribution is -2.42. The van der Waals surface area contributed by atoms with Crippen LogP contribution >= 0.6 is 11.8 Å². The average molecular weight is 217 g/mol. The number of hydrogen-bond acceptors (Lipinski definition) is 3. The minimum atomic E-state index is 0.491. The van der Waals surface area contributed by atoms with Crippen LogP contribution in [0.4, 0.5) is 0 Å². The molecule has 0 aromatic rings. The number of hydrogen-bond donors (Lipinski definition) is 1. The molecule has 3 unspecified atom stereocenters. The molecular formula is C11H23NOS. The molecule has 1 aliphatic rings. The molecule has 1 rings (SSSR count). The van der Waals surface area contributed by atoms with E-state index in [4.69, 9.17) is 4.74 Å². The van der Waals surface area contributed by atoms with Crippen LogP contribution in [0, 0.1) is 0 Å². The molecule has 1 fully saturated rings. The van der Waals surface area contributed by atoms with E-state index in [2.05, 4.69) is 18.5 Å². The van der Waals surface area contributed by atoms with Gasteiger partial charge in [0.2, 0.25) is 0 Å². The summed E-state index contributed by atoms with van der Waals surface area (Å²) in [6, 6.07) is 1.21. The van der Waals surface area contributed by atoms with Gasteiger partial charge in [0.1, 0.15) is 0 Å². The fourth-order valence-corrected chi connectivity index (χ4v) is 3.04. The van der Waals surface area contributed by atoms with Crippen molar-refractivity contribution in [1.29, 1.82) is 0 Å². The molecule has 1 aliphatic carbocycles. The van der Waals surface area contributed by atoms with Crippen molar-refractivity contribution in [1.82, 2.24) is 5.32 Å². The zero-order valence-electron chi connectivity index (χ0n) is 9.58. The van der Waals surface area contributed by atoms with Crippen molar-refractivity contribution in [2.75, 3.05) is 20.0 Å². The van der Waals surface area contributed by atoms with Crippen molar-refractivity contribution in [2.45, 2.75) is 49.9 Å². The molecule has 3 atom stereocenters. The summed E-state index contributed by atoms with van der Waals surface area (Å²) in [5.41, 5.74) is 0. The molecule has 3 heteroatoms. The number of methoxy groups -OCH3 is 1. The summed E-state index contributed by atoms with van der Waals surface area (Å²) < 4.78 is 5.13. The third-order valence-electron chi connectivity index (χ3n) is 2.90. The van der Waals surface area contributed by atoms with Gasteiger partial charge in [0.25, 0.3) is 0 Å². The first kappa shape index (κ1) is 12.3. The maximum absolute atomic E-state index is 5.13. The molecule has 0 heterocycles. The fourth-order valence-electron chi connectivity index (χ4n) is 2.21. The highest BCUT2D eigenvalue weighted by Gasteiger charge is 2.21. The van der Waals surface area contributed by atoms with Crippen LogP contribution in [0.5, 0.6) is 0 Å². The van der Waals surface area contributed by atoms with Gasteiger partial charge in [-0.2, -0.15) is 11.8 Å². The standard InChI is InChI=1S/C11H23NOS/c1-9(8-13-2)12-10-5-4-6-11(7-10)14-3/h9-12H,4-8H2,1-3H3. The predicted molar refractivity (Wildman–Crippen MR) is 64.0 cm³/mol. The summed E-state index contributed by atoms with van der Waals surface area (Å²) in [5.74, 6) is 0. The Morgan fingerprint density at radius 3 is 2.93 bits per heavy atom. The van der Waals surface area contributed by atoms with Gasteiger partial charge >= 0.3 is 0 Å². The van der Waals surface area contributed by atoms with Crippen molar-refractivity contribution < 1.29 is 4.74 Å². The number of nitrogens with one attached hydrogen (secondary N) is 1. The van der Waals surface area contributed by atoms with Crippen molar-refractivity contribution in [3.63, 3.8) is 0 Å². The van der Waals surface area contributed by atoms with E-state index in [9.17, 15) is 0 Å². The zero-order valence-corrected chi connectivity index (χ0v) is 10.4. The molecule has 1 saturated carbocycles. The van der Waals surface area contributed by atoms with E-state index in [1.54, 1.807) is 7.11 Å². The SMILES string of the molecule is COCC(C)NC1CCCC(SC)C1. The lowest BCUT2D eigenvalue weighted by Gasteiger charge is -2.30. The van der Waals surface area contributed by atoms with Crippen LogP contribution in [0.25, 0.3) is 0 Å². The van der Waals surface area contributed by atoms with Crippen molar-refractivity contribution in [3.05, 3.63) is 0 Å². The quantitative estimate of drug-likeness (QED) is 0.763. The Morgan fingerprint density at radius 2 is 2.29 bits per heavy atom. The molecule has 0 aromatic carbocycles. The van der Waals surface area contributed by atoms with E-state index < -0.39 is 0 Å². The minimum absolute atomic E-state index is 0.491. The maximum atomic E-state index is 5.13. The first-order chi connectivity index (χ1) is 6.76. The normalized spacial score (nSPS) is 30.2. The van der Waals surface area contributed by atoms with Gasteiger partial charge in [-0.25, -0.2) is 0 Å². The third-order valence-corrected chi connectivity index (χ3v) is 3.99. The molecule has 84 valence electrons. The van der Waals surface area contributed by atoms with E-state index in [1.807, 2.05) is 11.8 Å². The Bertz CT molecular complexity index is 154. The van der Waals surface area contributed by atoms with Gasteiger partial charge in [-0.15, -0.1) is 0 Å². The van der Waals surface area contributed by atoms with E-state index in [-0.39, 0.29) is 0 Å². The molecule has 0 aliphatic heterocycles. The van der Waals surface area contributed by atoms with Crippen LogP contribution in [0.1, 0.15) is 32.6 Å². The summed E-state index contributed by atoms with van der Waals surface area (Å²) in [6.45, 7) is 3.02. The molecule has 0 amide bonds. The number of thioether (sulfide) groups is 1. The van der Waals surface area contributed by atoms with Gasteiger partial charge in [0, 0.05) is 24.4 Å². The van der Waals surface area contributed by atoms with Crippen LogP contribution < -0.4 is 5.32 Å². The van der Waals surface area contributed by atoms with Crippen molar-refractivity contribution in [3.8, 4) is 0 Å². The fraction of sp³-hybridized carbons (Fsp3) is 1.00. The van der Waals surface area contributed by atoms with E-state index >= 15 is 0 Å². The molecular weight excluding hydrogens is 194 g/mol. The smallest absolute Gasteiger partial charge is 0.0613 e. The van der Waals surface area contributed by atoms with E-state index in [0.29, 0.717) is 12.1 Å². The second-order valence-corrected chi connectivity index (χ2v) is 5.38. The highest BCUT2D eigenvalue weighted by Crippen LogP contribution is 2.26. The third kappa shape index (κ3) is 4.20. The number of ether oxygens (including phenoxy) is 1. The minimum Gasteiger partial charge on any atom is -0.383 e. The van der Waals surface area contributed by atoms with Crippen LogP contribution in [-0.2, 0) is 4.74 Å². The Hall–Kier alpha value is 0.270. The predicted octanol–water partition coefficient (Wildman–Crippen LogP) is 2.29. The van der Waals surface area contributed by atoms with Crippen LogP contribution in [0.2, 0.25) is 0 Å². The van der Waals surface area contributed by atoms with Gasteiger partial charge < -0.3 is 10.1 Å². The highest BCUT2D eigenvalue weighted by molar-refractivity contribution is 7.99. The molecule has 2 nitrogen and oxygen atoms in total. The molecule has 0 saturated heterocycles. The molecule has 1 N–H and O–H groups in total. The van der Waals surface area contributed by atoms with Gasteiger partial charge in [0.05, 0.1) is 6.61 Å². The Labute approximate surface area is 92.2 Å². The monoisotopic (exact) mass is 217 g/mol. The summed E-state index contributed by atoms with van der Waals surface area (Å²) in [4.78, 5) is 0. The van der Waals surface area contributed by atoms with E-state index in [1.165, 1.54) is 25.7 Å². The number of rotatable bonds is 5. The first-order valence-corrected chi connectivity index (χ1v) is 6.82. The van der Waals surface area contributed by atoms with Crippen molar-refractivity contribution >= 4 is 11.8 Å². The average Bonchev–Trinajstić information content (AvgIpc) is 2.18. The first-order valence-electron chi connectivity index (χ1n) is 5.54. The molecule has 0 spiro atoms. The summed E-state index contributed by atoms with van der Waals surface area (Å²) in [5, 5.41) is 4.52. The summed E-state index contributed by atoms with van der Waals surface area (Å²) in [6.07, 6.45) is 7.67. The summed E-state index contributed by atoms with van der Waals surface area (Å²) >= 11 is 2.02. The van der Waals surface area contributed by atoms with Crippen LogP contribution in [0.3, 0.4) is 0 Å². The van der Waals surface area contributed by atoms with Crippen molar-refractivity contribution in [2.24, 2.45) is 0 Å². The lowest BCUT2D eigenvalue weighted by molar-refractivity contribution is 0.162. The van der Waals surface area contributed by atoms with Gasteiger partial charge in [-0.1, -0.05) is 6.42 Å². The Morgan fingerprint density at radius 1 is 1.50 bits per heavy atom. The van der Waals surface area contributed by atoms with Gasteiger partial charge in [-0.3, -0.25) is 0 Å². The second kappa shape index (κ2) is 6.70. The topological polar surface area (TPSA) is 21.3 Å².